The van der Waals surface area contributed by atoms with Crippen molar-refractivity contribution < 1.29 is 10.0 Å². The molecule has 0 radical (unpaired) electrons. The quantitative estimate of drug-likeness (QED) is 0.466. The molecule has 0 unspecified atom stereocenters. The molecular formula is C6H8BrCaNO3. The van der Waals surface area contributed by atoms with Crippen molar-refractivity contribution in [3.63, 3.8) is 0 Å². The fourth-order valence-corrected chi connectivity index (χ4v) is 0.574. The number of hydrogen-bond acceptors (Lipinski definition) is 3. The van der Waals surface area contributed by atoms with Crippen LogP contribution in [-0.2, 0) is 0 Å². The number of benzene rings is 1. The van der Waals surface area contributed by atoms with Gasteiger partial charge in [0.25, 0.3) is 5.69 Å². The van der Waals surface area contributed by atoms with Crippen molar-refractivity contribution in [3.8, 4) is 5.75 Å². The molecule has 0 saturated carbocycles. The van der Waals surface area contributed by atoms with Gasteiger partial charge in [0.2, 0.25) is 0 Å². The summed E-state index contributed by atoms with van der Waals surface area (Å²) in [7, 11) is 0. The Morgan fingerprint density at radius 2 is 1.67 bits per heavy atom. The molecule has 1 aromatic rings. The van der Waals surface area contributed by atoms with Crippen LogP contribution < -0.4 is 0 Å². The molecule has 0 aliphatic carbocycles. The standard InChI is InChI=1S/C6H5NO3.BrH.Ca.2H/c8-6-3-1-5(2-4-6)7(9)10;;;;/h1-4,8H;1H;;;. The van der Waals surface area contributed by atoms with E-state index in [1.807, 2.05) is 0 Å². The predicted molar refractivity (Wildman–Crippen MR) is 53.6 cm³/mol. The summed E-state index contributed by atoms with van der Waals surface area (Å²) < 4.78 is 0. The summed E-state index contributed by atoms with van der Waals surface area (Å²) in [6.45, 7) is 0. The van der Waals surface area contributed by atoms with Crippen LogP contribution in [0.1, 0.15) is 0 Å². The first kappa shape index (κ1) is 14.7. The zero-order chi connectivity index (χ0) is 7.56. The van der Waals surface area contributed by atoms with Crippen molar-refractivity contribution in [2.75, 3.05) is 0 Å². The zero-order valence-corrected chi connectivity index (χ0v) is 7.14. The molecule has 0 atom stereocenters. The fourth-order valence-electron chi connectivity index (χ4n) is 0.574. The predicted octanol–water partition coefficient (Wildman–Crippen LogP) is 0.962. The van der Waals surface area contributed by atoms with Gasteiger partial charge in [-0.3, -0.25) is 10.1 Å². The SMILES string of the molecule is Br.O=[N+]([O-])c1ccc(O)cc1.[CaH2]. The zero-order valence-electron chi connectivity index (χ0n) is 5.43. The van der Waals surface area contributed by atoms with Crippen molar-refractivity contribution in [2.24, 2.45) is 0 Å². The van der Waals surface area contributed by atoms with Gasteiger partial charge in [-0.15, -0.1) is 17.0 Å². The van der Waals surface area contributed by atoms with Crippen LogP contribution in [0.2, 0.25) is 0 Å². The average Bonchev–Trinajstić information content (AvgIpc) is 1.88. The Morgan fingerprint density at radius 1 is 1.25 bits per heavy atom. The molecule has 6 heteroatoms. The normalized spacial score (nSPS) is 7.67. The Labute approximate surface area is 110 Å². The molecule has 64 valence electrons. The van der Waals surface area contributed by atoms with E-state index < -0.39 is 4.92 Å². The van der Waals surface area contributed by atoms with Gasteiger partial charge in [-0.25, -0.2) is 0 Å². The maximum atomic E-state index is 10.0. The second-order valence-corrected chi connectivity index (χ2v) is 1.77. The van der Waals surface area contributed by atoms with Gasteiger partial charge < -0.3 is 5.11 Å². The molecule has 4 nitrogen and oxygen atoms in total. The van der Waals surface area contributed by atoms with Crippen LogP contribution >= 0.6 is 17.0 Å². The van der Waals surface area contributed by atoms with Gasteiger partial charge in [-0.1, -0.05) is 0 Å². The number of phenols is 1. The molecule has 0 heterocycles. The van der Waals surface area contributed by atoms with Gasteiger partial charge in [-0.2, -0.15) is 0 Å². The van der Waals surface area contributed by atoms with Crippen molar-refractivity contribution in [3.05, 3.63) is 34.4 Å². The van der Waals surface area contributed by atoms with Gasteiger partial charge in [0.15, 0.2) is 0 Å². The van der Waals surface area contributed by atoms with E-state index in [1.54, 1.807) is 0 Å². The maximum absolute atomic E-state index is 10.0. The summed E-state index contributed by atoms with van der Waals surface area (Å²) in [6, 6.07) is 5.04. The van der Waals surface area contributed by atoms with Crippen molar-refractivity contribution in [1.82, 2.24) is 0 Å². The van der Waals surface area contributed by atoms with E-state index in [9.17, 15) is 10.1 Å². The van der Waals surface area contributed by atoms with Gasteiger partial charge in [0.05, 0.1) is 4.92 Å². The monoisotopic (exact) mass is 261 g/mol. The van der Waals surface area contributed by atoms with Crippen LogP contribution in [-0.4, -0.2) is 47.8 Å². The van der Waals surface area contributed by atoms with Gasteiger partial charge in [-0.05, 0) is 12.1 Å². The number of hydrogen-bond donors (Lipinski definition) is 1. The van der Waals surface area contributed by atoms with E-state index in [1.165, 1.54) is 24.3 Å². The minimum atomic E-state index is -0.514. The summed E-state index contributed by atoms with van der Waals surface area (Å²) in [5.74, 6) is 0.0330. The van der Waals surface area contributed by atoms with Crippen LogP contribution in [0.25, 0.3) is 0 Å². The molecule has 1 rings (SSSR count). The first-order valence-corrected chi connectivity index (χ1v) is 2.63. The first-order chi connectivity index (χ1) is 4.70. The molecule has 0 bridgehead atoms. The van der Waals surface area contributed by atoms with Crippen LogP contribution in [0.3, 0.4) is 0 Å². The molecule has 1 N–H and O–H groups in total. The summed E-state index contributed by atoms with van der Waals surface area (Å²) in [5, 5.41) is 18.8. The van der Waals surface area contributed by atoms with Crippen molar-refractivity contribution >= 4 is 60.4 Å². The molecule has 0 aromatic heterocycles. The van der Waals surface area contributed by atoms with E-state index >= 15 is 0 Å². The molecule has 12 heavy (non-hydrogen) atoms. The molecule has 0 saturated heterocycles. The molecular weight excluding hydrogens is 254 g/mol. The van der Waals surface area contributed by atoms with Crippen LogP contribution in [0.4, 0.5) is 5.69 Å². The first-order valence-electron chi connectivity index (χ1n) is 2.63. The number of halogens is 1. The average molecular weight is 262 g/mol. The van der Waals surface area contributed by atoms with E-state index in [-0.39, 0.29) is 66.2 Å². The van der Waals surface area contributed by atoms with Crippen LogP contribution in [0, 0.1) is 10.1 Å². The van der Waals surface area contributed by atoms with Gasteiger partial charge >= 0.3 is 37.7 Å². The van der Waals surface area contributed by atoms with Gasteiger partial charge in [0, 0.05) is 12.1 Å². The summed E-state index contributed by atoms with van der Waals surface area (Å²) in [5.41, 5.74) is -0.0159. The molecule has 0 fully saturated rings. The number of nitro groups is 1. The van der Waals surface area contributed by atoms with Crippen molar-refractivity contribution in [1.29, 1.82) is 0 Å². The van der Waals surface area contributed by atoms with E-state index in [2.05, 4.69) is 0 Å². The number of phenolic OH excluding ortho intramolecular Hbond substituents is 1. The van der Waals surface area contributed by atoms with Crippen LogP contribution in [0.15, 0.2) is 24.3 Å². The molecule has 0 aliphatic heterocycles. The fraction of sp³-hybridized carbons (Fsp3) is 0. The second kappa shape index (κ2) is 6.65. The third-order valence-corrected chi connectivity index (χ3v) is 1.06. The Balaban J connectivity index is 0. The van der Waals surface area contributed by atoms with Gasteiger partial charge in [0.1, 0.15) is 5.75 Å². The topological polar surface area (TPSA) is 63.4 Å². The third-order valence-electron chi connectivity index (χ3n) is 1.06. The Morgan fingerprint density at radius 3 is 2.00 bits per heavy atom. The Hall–Kier alpha value is 0.160. The second-order valence-electron chi connectivity index (χ2n) is 1.77. The number of aromatic hydroxyl groups is 1. The molecule has 1 aromatic carbocycles. The van der Waals surface area contributed by atoms with Crippen LogP contribution in [0.5, 0.6) is 5.75 Å². The summed E-state index contributed by atoms with van der Waals surface area (Å²) in [4.78, 5) is 9.52. The molecule has 0 aliphatic rings. The third kappa shape index (κ3) is 4.25. The minimum absolute atomic E-state index is 0. The Kier molecular flexibility index (Phi) is 8.13. The summed E-state index contributed by atoms with van der Waals surface area (Å²) in [6.07, 6.45) is 0. The van der Waals surface area contributed by atoms with E-state index in [0.29, 0.717) is 0 Å². The van der Waals surface area contributed by atoms with E-state index in [0.717, 1.165) is 0 Å². The molecule has 0 spiro atoms. The number of nitro benzene ring substituents is 1. The van der Waals surface area contributed by atoms with E-state index in [4.69, 9.17) is 5.11 Å². The number of rotatable bonds is 1. The Bertz CT molecular complexity index is 251. The molecule has 0 amide bonds. The number of nitrogens with zero attached hydrogens (tertiary/aromatic N) is 1. The van der Waals surface area contributed by atoms with Crippen molar-refractivity contribution in [2.45, 2.75) is 0 Å². The number of non-ortho nitro benzene ring substituents is 1. The summed E-state index contributed by atoms with van der Waals surface area (Å²) >= 11 is 0.